The molecule has 0 aliphatic rings. The van der Waals surface area contributed by atoms with Gasteiger partial charge < -0.3 is 20.8 Å². The van der Waals surface area contributed by atoms with Gasteiger partial charge in [0.2, 0.25) is 0 Å². The summed E-state index contributed by atoms with van der Waals surface area (Å²) in [5.41, 5.74) is -4.96. The lowest BCUT2D eigenvalue weighted by atomic mass is 9.81. The van der Waals surface area contributed by atoms with Crippen molar-refractivity contribution in [2.75, 3.05) is 17.7 Å². The van der Waals surface area contributed by atoms with E-state index in [0.717, 1.165) is 50.2 Å². The highest BCUT2D eigenvalue weighted by Crippen LogP contribution is 2.44. The molecule has 3 aromatic carbocycles. The molecular weight excluding hydrogens is 754 g/mol. The Bertz CT molecular complexity index is 1890. The van der Waals surface area contributed by atoms with E-state index in [4.69, 9.17) is 5.11 Å². The number of aliphatic hydroxyl groups is 1. The fraction of sp³-hybridized carbons (Fsp3) is 0.395. The van der Waals surface area contributed by atoms with Crippen LogP contribution in [0.1, 0.15) is 114 Å². The molecule has 0 spiro atoms. The molecule has 8 nitrogen and oxygen atoms in total. The Morgan fingerprint density at radius 1 is 0.702 bits per heavy atom. The van der Waals surface area contributed by atoms with E-state index in [0.29, 0.717) is 23.6 Å². The van der Waals surface area contributed by atoms with Crippen molar-refractivity contribution in [3.63, 3.8) is 0 Å². The Morgan fingerprint density at radius 3 is 1.56 bits per heavy atom. The van der Waals surface area contributed by atoms with Gasteiger partial charge in [-0.3, -0.25) is 14.4 Å². The summed E-state index contributed by atoms with van der Waals surface area (Å²) in [6.07, 6.45) is -5.61. The second kappa shape index (κ2) is 22.5. The van der Waals surface area contributed by atoms with Crippen LogP contribution in [0.4, 0.5) is 37.7 Å². The number of benzene rings is 3. The fourth-order valence-electron chi connectivity index (χ4n) is 5.00. The highest BCUT2D eigenvalue weighted by molar-refractivity contribution is 6.13. The first kappa shape index (κ1) is 51.8. The number of rotatable bonds is 12. The SMILES string of the molecule is C/C=C(C(=O)O)\C(=C/C)C(=O)Nc1ccc(-c2ccc(NC(C)(C)CC)cc2C(F)(F)F)c(C(F)(F)F)c1.CC.CCC(C)(C)C(=O)c1ccccc1C=O.CO. The van der Waals surface area contributed by atoms with E-state index in [1.54, 1.807) is 38.1 Å². The van der Waals surface area contributed by atoms with Gasteiger partial charge in [0.25, 0.3) is 5.91 Å². The molecule has 0 aromatic heterocycles. The minimum Gasteiger partial charge on any atom is -0.478 e. The van der Waals surface area contributed by atoms with E-state index >= 15 is 0 Å². The molecule has 57 heavy (non-hydrogen) atoms. The zero-order chi connectivity index (χ0) is 44.5. The van der Waals surface area contributed by atoms with Gasteiger partial charge in [-0.15, -0.1) is 0 Å². The fourth-order valence-corrected chi connectivity index (χ4v) is 5.00. The van der Waals surface area contributed by atoms with E-state index in [9.17, 15) is 50.6 Å². The molecule has 0 saturated heterocycles. The van der Waals surface area contributed by atoms with Gasteiger partial charge in [0.05, 0.1) is 16.7 Å². The molecule has 0 aliphatic carbocycles. The molecule has 4 N–H and O–H groups in total. The van der Waals surface area contributed by atoms with Gasteiger partial charge in [-0.1, -0.05) is 90.1 Å². The summed E-state index contributed by atoms with van der Waals surface area (Å²) in [5, 5.41) is 21.4. The number of carbonyl (C=O) groups excluding carboxylic acids is 3. The molecule has 1 amide bonds. The molecule has 0 fully saturated rings. The van der Waals surface area contributed by atoms with Crippen LogP contribution in [0.5, 0.6) is 0 Å². The molecule has 14 heteroatoms. The summed E-state index contributed by atoms with van der Waals surface area (Å²) in [6.45, 7) is 17.9. The molecule has 0 aliphatic heterocycles. The first-order valence-electron chi connectivity index (χ1n) is 18.1. The second-order valence-corrected chi connectivity index (χ2v) is 13.3. The lowest BCUT2D eigenvalue weighted by Gasteiger charge is -2.27. The number of aldehydes is 1. The maximum atomic E-state index is 14.0. The number of carboxylic acid groups (broad SMARTS) is 1. The van der Waals surface area contributed by atoms with Crippen molar-refractivity contribution in [1.82, 2.24) is 0 Å². The molecule has 314 valence electrons. The number of alkyl halides is 6. The number of anilines is 2. The highest BCUT2D eigenvalue weighted by atomic mass is 19.4. The van der Waals surface area contributed by atoms with Gasteiger partial charge >= 0.3 is 18.3 Å². The molecule has 3 rings (SSSR count). The standard InChI is InChI=1S/C27H28F6N2O3.C13H16O2.C2H6.CH4O/c1-6-17(18(7-2)24(37)38)23(36)34-15-9-11-19(21(13-15)26(28,29)30)20-12-10-16(35-25(4,5)8-3)14-22(20)27(31,32)33;1-4-13(2,3)12(15)11-8-6-5-7-10(11)9-14;2*1-2/h6-7,9-14,35H,8H2,1-5H3,(H,34,36)(H,37,38);5-9H,4H2,1-3H3;1-2H3;2H,1H3/b17-6+,18-7+;;;. The Kier molecular flexibility index (Phi) is 20.4. The van der Waals surface area contributed by atoms with E-state index in [1.807, 2.05) is 41.5 Å². The Morgan fingerprint density at radius 2 is 1.16 bits per heavy atom. The third-order valence-corrected chi connectivity index (χ3v) is 8.74. The van der Waals surface area contributed by atoms with E-state index in [1.165, 1.54) is 26.0 Å². The third-order valence-electron chi connectivity index (χ3n) is 8.74. The van der Waals surface area contributed by atoms with E-state index in [-0.39, 0.29) is 28.3 Å². The van der Waals surface area contributed by atoms with Gasteiger partial charge in [-0.2, -0.15) is 26.3 Å². The van der Waals surface area contributed by atoms with Crippen molar-refractivity contribution >= 4 is 35.3 Å². The largest absolute Gasteiger partial charge is 0.478 e. The zero-order valence-corrected chi connectivity index (χ0v) is 34.2. The van der Waals surface area contributed by atoms with Crippen LogP contribution >= 0.6 is 0 Å². The van der Waals surface area contributed by atoms with Gasteiger partial charge in [-0.25, -0.2) is 4.79 Å². The number of aliphatic hydroxyl groups excluding tert-OH is 1. The van der Waals surface area contributed by atoms with Gasteiger partial charge in [0.15, 0.2) is 12.1 Å². The number of aliphatic carboxylic acids is 1. The minimum atomic E-state index is -5.07. The van der Waals surface area contributed by atoms with Crippen molar-refractivity contribution in [1.29, 1.82) is 0 Å². The summed E-state index contributed by atoms with van der Waals surface area (Å²) in [6, 6.07) is 12.3. The number of carboxylic acids is 1. The molecule has 0 saturated carbocycles. The molecular formula is C43H54F6N2O6. The number of halogens is 6. The summed E-state index contributed by atoms with van der Waals surface area (Å²) in [7, 11) is 1.00. The van der Waals surface area contributed by atoms with Crippen molar-refractivity contribution in [3.05, 3.63) is 106 Å². The average Bonchev–Trinajstić information content (AvgIpc) is 3.17. The highest BCUT2D eigenvalue weighted by Gasteiger charge is 2.39. The first-order valence-corrected chi connectivity index (χ1v) is 18.1. The molecule has 0 atom stereocenters. The molecule has 0 bridgehead atoms. The van der Waals surface area contributed by atoms with Crippen LogP contribution in [-0.4, -0.2) is 46.8 Å². The second-order valence-electron chi connectivity index (χ2n) is 13.3. The summed E-state index contributed by atoms with van der Waals surface area (Å²) >= 11 is 0. The van der Waals surface area contributed by atoms with Crippen LogP contribution in [0.2, 0.25) is 0 Å². The number of hydrogen-bond donors (Lipinski definition) is 4. The number of carbonyl (C=O) groups is 4. The topological polar surface area (TPSA) is 133 Å². The molecule has 3 aromatic rings. The molecule has 0 unspecified atom stereocenters. The number of amides is 1. The normalized spacial score (nSPS) is 12.0. The van der Waals surface area contributed by atoms with Crippen molar-refractivity contribution in [3.8, 4) is 11.1 Å². The summed E-state index contributed by atoms with van der Waals surface area (Å²) < 4.78 is 84.1. The number of Topliss-reactive ketones (excluding diaryl/α,β-unsaturated/α-hetero) is 1. The quantitative estimate of drug-likeness (QED) is 0.0471. The maximum Gasteiger partial charge on any atom is 0.417 e. The lowest BCUT2D eigenvalue weighted by Crippen LogP contribution is -2.29. The van der Waals surface area contributed by atoms with Crippen LogP contribution in [0.3, 0.4) is 0 Å². The lowest BCUT2D eigenvalue weighted by molar-refractivity contribution is -0.139. The van der Waals surface area contributed by atoms with E-state index in [2.05, 4.69) is 10.6 Å². The third kappa shape index (κ3) is 14.7. The summed E-state index contributed by atoms with van der Waals surface area (Å²) in [4.78, 5) is 46.9. The Balaban J connectivity index is 0.00000137. The maximum absolute atomic E-state index is 14.0. The number of hydrogen-bond acceptors (Lipinski definition) is 6. The predicted octanol–water partition coefficient (Wildman–Crippen LogP) is 11.7. The van der Waals surface area contributed by atoms with Gasteiger partial charge in [0.1, 0.15) is 0 Å². The van der Waals surface area contributed by atoms with Gasteiger partial charge in [-0.05, 0) is 75.9 Å². The van der Waals surface area contributed by atoms with Crippen LogP contribution in [-0.2, 0) is 21.9 Å². The van der Waals surface area contributed by atoms with Crippen LogP contribution in [0.25, 0.3) is 11.1 Å². The Hall–Kier alpha value is -5.24. The van der Waals surface area contributed by atoms with Crippen LogP contribution in [0.15, 0.2) is 84.0 Å². The average molecular weight is 809 g/mol. The van der Waals surface area contributed by atoms with Crippen LogP contribution in [0, 0.1) is 5.41 Å². The minimum absolute atomic E-state index is 0.0349. The summed E-state index contributed by atoms with van der Waals surface area (Å²) in [5.74, 6) is -2.37. The van der Waals surface area contributed by atoms with Gasteiger partial charge in [0, 0.05) is 46.1 Å². The smallest absolute Gasteiger partial charge is 0.417 e. The Labute approximate surface area is 331 Å². The number of ketones is 1. The number of nitrogens with one attached hydrogen (secondary N) is 2. The monoisotopic (exact) mass is 808 g/mol. The number of allylic oxidation sites excluding steroid dienone is 2. The zero-order valence-electron chi connectivity index (χ0n) is 34.2. The predicted molar refractivity (Wildman–Crippen MR) is 213 cm³/mol. The van der Waals surface area contributed by atoms with Crippen molar-refractivity contribution in [2.24, 2.45) is 5.41 Å². The van der Waals surface area contributed by atoms with E-state index < -0.39 is 57.4 Å². The van der Waals surface area contributed by atoms with Crippen molar-refractivity contribution < 1.29 is 55.7 Å². The van der Waals surface area contributed by atoms with Crippen molar-refractivity contribution in [2.45, 2.75) is 100.0 Å². The molecule has 0 radical (unpaired) electrons. The first-order chi connectivity index (χ1) is 26.5. The van der Waals surface area contributed by atoms with Crippen LogP contribution < -0.4 is 10.6 Å². The molecule has 0 heterocycles.